The minimum Gasteiger partial charge on any atom is -0.479 e. The third-order valence-electron chi connectivity index (χ3n) is 1.68. The van der Waals surface area contributed by atoms with Crippen LogP contribution >= 0.6 is 11.5 Å². The fraction of sp³-hybridized carbons (Fsp3) is 0.571. The second-order valence-corrected chi connectivity index (χ2v) is 3.62. The topological polar surface area (TPSA) is 84.3 Å². The lowest BCUT2D eigenvalue weighted by Crippen LogP contribution is -2.30. The Balaban J connectivity index is 2.58. The second-order valence-electron chi connectivity index (χ2n) is 2.86. The predicted molar refractivity (Wildman–Crippen MR) is 51.8 cm³/mol. The molecule has 96 valence electrons. The SMILES string of the molecule is COC(CNc1nc(C(F)(F)F)ns1)C(=O)O. The fourth-order valence-corrected chi connectivity index (χ4v) is 1.45. The Morgan fingerprint density at radius 1 is 1.65 bits per heavy atom. The number of carbonyl (C=O) groups is 1. The van der Waals surface area contributed by atoms with E-state index in [9.17, 15) is 18.0 Å². The molecule has 1 atom stereocenters. The summed E-state index contributed by atoms with van der Waals surface area (Å²) in [5, 5.41) is 10.9. The normalized spacial score (nSPS) is 13.4. The summed E-state index contributed by atoms with van der Waals surface area (Å²) in [7, 11) is 1.18. The van der Waals surface area contributed by atoms with Gasteiger partial charge in [-0.05, 0) is 0 Å². The molecular weight excluding hydrogens is 263 g/mol. The van der Waals surface area contributed by atoms with Gasteiger partial charge in [-0.1, -0.05) is 0 Å². The van der Waals surface area contributed by atoms with Crippen molar-refractivity contribution >= 4 is 22.6 Å². The van der Waals surface area contributed by atoms with Crippen molar-refractivity contribution in [1.82, 2.24) is 9.36 Å². The van der Waals surface area contributed by atoms with Gasteiger partial charge in [-0.2, -0.15) is 22.5 Å². The van der Waals surface area contributed by atoms with Crippen molar-refractivity contribution in [3.8, 4) is 0 Å². The highest BCUT2D eigenvalue weighted by molar-refractivity contribution is 7.09. The van der Waals surface area contributed by atoms with Crippen molar-refractivity contribution in [2.45, 2.75) is 12.3 Å². The molecule has 0 aliphatic heterocycles. The number of halogens is 3. The first-order chi connectivity index (χ1) is 7.84. The Hall–Kier alpha value is -1.42. The van der Waals surface area contributed by atoms with Crippen molar-refractivity contribution in [2.24, 2.45) is 0 Å². The number of anilines is 1. The number of nitrogens with zero attached hydrogens (tertiary/aromatic N) is 2. The Morgan fingerprint density at radius 3 is 2.71 bits per heavy atom. The zero-order valence-electron chi connectivity index (χ0n) is 8.48. The number of carboxylic acids is 1. The largest absolute Gasteiger partial charge is 0.479 e. The zero-order chi connectivity index (χ0) is 13.1. The van der Waals surface area contributed by atoms with Crippen molar-refractivity contribution in [2.75, 3.05) is 19.0 Å². The van der Waals surface area contributed by atoms with Crippen LogP contribution in [0.3, 0.4) is 0 Å². The molecule has 0 saturated heterocycles. The monoisotopic (exact) mass is 271 g/mol. The van der Waals surface area contributed by atoms with Gasteiger partial charge in [0.25, 0.3) is 0 Å². The number of methoxy groups -OCH3 is 1. The first kappa shape index (κ1) is 13.6. The van der Waals surface area contributed by atoms with Gasteiger partial charge in [0, 0.05) is 18.6 Å². The lowest BCUT2D eigenvalue weighted by Gasteiger charge is -2.09. The fourth-order valence-electron chi connectivity index (χ4n) is 0.862. The van der Waals surface area contributed by atoms with E-state index in [1.165, 1.54) is 7.11 Å². The number of rotatable bonds is 5. The highest BCUT2D eigenvalue weighted by Crippen LogP contribution is 2.28. The molecular formula is C7H8F3N3O3S. The number of aliphatic carboxylic acids is 1. The number of hydrogen-bond donors (Lipinski definition) is 2. The number of hydrogen-bond acceptors (Lipinski definition) is 6. The third kappa shape index (κ3) is 3.82. The molecule has 0 amide bonds. The first-order valence-corrected chi connectivity index (χ1v) is 5.02. The van der Waals surface area contributed by atoms with Crippen LogP contribution in [-0.4, -0.2) is 40.2 Å². The lowest BCUT2D eigenvalue weighted by atomic mass is 10.3. The van der Waals surface area contributed by atoms with Gasteiger partial charge in [-0.15, -0.1) is 0 Å². The van der Waals surface area contributed by atoms with Gasteiger partial charge in [-0.25, -0.2) is 4.79 Å². The molecule has 1 unspecified atom stereocenters. The summed E-state index contributed by atoms with van der Waals surface area (Å²) in [5.74, 6) is -2.48. The van der Waals surface area contributed by atoms with Crippen LogP contribution in [0.4, 0.5) is 18.3 Å². The van der Waals surface area contributed by atoms with E-state index in [-0.39, 0.29) is 11.7 Å². The molecule has 0 saturated carbocycles. The van der Waals surface area contributed by atoms with Crippen molar-refractivity contribution < 1.29 is 27.8 Å². The molecule has 1 aromatic heterocycles. The van der Waals surface area contributed by atoms with Crippen LogP contribution in [0.1, 0.15) is 5.82 Å². The maximum Gasteiger partial charge on any atom is 0.452 e. The summed E-state index contributed by atoms with van der Waals surface area (Å²) in [4.78, 5) is 13.7. The number of nitrogens with one attached hydrogen (secondary N) is 1. The van der Waals surface area contributed by atoms with Crippen LogP contribution < -0.4 is 5.32 Å². The van der Waals surface area contributed by atoms with Crippen molar-refractivity contribution in [3.63, 3.8) is 0 Å². The first-order valence-electron chi connectivity index (χ1n) is 4.25. The van der Waals surface area contributed by atoms with Gasteiger partial charge in [0.1, 0.15) is 0 Å². The van der Waals surface area contributed by atoms with Crippen molar-refractivity contribution in [1.29, 1.82) is 0 Å². The van der Waals surface area contributed by atoms with Gasteiger partial charge in [0.05, 0.1) is 6.54 Å². The maximum atomic E-state index is 12.1. The van der Waals surface area contributed by atoms with Crippen LogP contribution in [0, 0.1) is 0 Å². The molecule has 1 rings (SSSR count). The summed E-state index contributed by atoms with van der Waals surface area (Å²) in [6.07, 6.45) is -5.77. The van der Waals surface area contributed by atoms with E-state index in [0.29, 0.717) is 11.5 Å². The summed E-state index contributed by atoms with van der Waals surface area (Å²) in [5.41, 5.74) is 0. The van der Waals surface area contributed by atoms with Gasteiger partial charge < -0.3 is 15.2 Å². The average Bonchev–Trinajstić information content (AvgIpc) is 2.66. The van der Waals surface area contributed by atoms with E-state index in [2.05, 4.69) is 19.4 Å². The number of ether oxygens (including phenoxy) is 1. The Labute approximate surface area is 97.6 Å². The van der Waals surface area contributed by atoms with E-state index in [1.54, 1.807) is 0 Å². The van der Waals surface area contributed by atoms with Crippen LogP contribution in [0.2, 0.25) is 0 Å². The van der Waals surface area contributed by atoms with Crippen LogP contribution in [-0.2, 0) is 15.7 Å². The molecule has 6 nitrogen and oxygen atoms in total. The predicted octanol–water partition coefficient (Wildman–Crippen LogP) is 1.07. The zero-order valence-corrected chi connectivity index (χ0v) is 9.30. The molecule has 0 aromatic carbocycles. The summed E-state index contributed by atoms with van der Waals surface area (Å²) in [6.45, 7) is -0.196. The molecule has 0 bridgehead atoms. The summed E-state index contributed by atoms with van der Waals surface area (Å²) < 4.78 is 44.1. The van der Waals surface area contributed by atoms with Gasteiger partial charge in [0.15, 0.2) is 6.10 Å². The Morgan fingerprint density at radius 2 is 2.29 bits per heavy atom. The Bertz CT molecular complexity index is 395. The van der Waals surface area contributed by atoms with E-state index in [0.717, 1.165) is 0 Å². The molecule has 0 aliphatic rings. The highest BCUT2D eigenvalue weighted by Gasteiger charge is 2.36. The number of alkyl halides is 3. The number of aromatic nitrogens is 2. The molecule has 10 heteroatoms. The van der Waals surface area contributed by atoms with E-state index < -0.39 is 24.1 Å². The van der Waals surface area contributed by atoms with E-state index in [4.69, 9.17) is 5.11 Å². The smallest absolute Gasteiger partial charge is 0.452 e. The highest BCUT2D eigenvalue weighted by atomic mass is 32.1. The quantitative estimate of drug-likeness (QED) is 0.833. The molecule has 1 heterocycles. The van der Waals surface area contributed by atoms with Crippen LogP contribution in [0.25, 0.3) is 0 Å². The molecule has 0 fully saturated rings. The van der Waals surface area contributed by atoms with Gasteiger partial charge in [-0.3, -0.25) is 0 Å². The standard InChI is InChI=1S/C7H8F3N3O3S/c1-16-3(4(14)15)2-11-6-12-5(13-17-6)7(8,9)10/h3H,2H2,1H3,(H,14,15)(H,11,12,13). The Kier molecular flexibility index (Phi) is 4.23. The maximum absolute atomic E-state index is 12.1. The molecule has 2 N–H and O–H groups in total. The van der Waals surface area contributed by atoms with Crippen molar-refractivity contribution in [3.05, 3.63) is 5.82 Å². The summed E-state index contributed by atoms with van der Waals surface area (Å²) >= 11 is 0.500. The third-order valence-corrected chi connectivity index (χ3v) is 2.35. The van der Waals surface area contributed by atoms with Gasteiger partial charge in [0.2, 0.25) is 11.0 Å². The van der Waals surface area contributed by atoms with Gasteiger partial charge >= 0.3 is 12.1 Å². The molecule has 17 heavy (non-hydrogen) atoms. The average molecular weight is 271 g/mol. The van der Waals surface area contributed by atoms with E-state index >= 15 is 0 Å². The minimum atomic E-state index is -4.61. The molecule has 0 spiro atoms. The summed E-state index contributed by atoms with van der Waals surface area (Å²) in [6, 6.07) is 0. The van der Waals surface area contributed by atoms with Crippen LogP contribution in [0.5, 0.6) is 0 Å². The molecule has 0 radical (unpaired) electrons. The van der Waals surface area contributed by atoms with Crippen LogP contribution in [0.15, 0.2) is 0 Å². The minimum absolute atomic E-state index is 0.111. The number of carboxylic acid groups (broad SMARTS) is 1. The molecule has 1 aromatic rings. The van der Waals surface area contributed by atoms with E-state index in [1.807, 2.05) is 0 Å². The lowest BCUT2D eigenvalue weighted by molar-refractivity contribution is -0.147. The molecule has 0 aliphatic carbocycles. The second kappa shape index (κ2) is 5.27.